The van der Waals surface area contributed by atoms with Crippen LogP contribution in [-0.2, 0) is 33.4 Å². The van der Waals surface area contributed by atoms with Crippen molar-refractivity contribution in [1.29, 1.82) is 0 Å². The van der Waals surface area contributed by atoms with E-state index in [1.807, 2.05) is 41.5 Å². The quantitative estimate of drug-likeness (QED) is 0.206. The summed E-state index contributed by atoms with van der Waals surface area (Å²) in [5, 5.41) is 5.61. The molecule has 0 radical (unpaired) electrons. The highest BCUT2D eigenvalue weighted by atomic mass is 16.5. The number of rotatable bonds is 16. The molecule has 2 N–H and O–H groups in total. The van der Waals surface area contributed by atoms with Crippen molar-refractivity contribution in [3.05, 3.63) is 24.0 Å². The monoisotopic (exact) mass is 592 g/mol. The number of carbonyl (C=O) groups excluding carboxylic acids is 5. The average molecular weight is 593 g/mol. The first kappa shape index (κ1) is 36.8. The van der Waals surface area contributed by atoms with Crippen LogP contribution in [0.5, 0.6) is 0 Å². The Morgan fingerprint density at radius 3 is 2.07 bits per heavy atom. The van der Waals surface area contributed by atoms with E-state index in [1.165, 1.54) is 25.3 Å². The van der Waals surface area contributed by atoms with Gasteiger partial charge in [0, 0.05) is 18.2 Å². The van der Waals surface area contributed by atoms with E-state index in [4.69, 9.17) is 9.47 Å². The maximum atomic E-state index is 13.4. The van der Waals surface area contributed by atoms with Crippen molar-refractivity contribution >= 4 is 29.6 Å². The summed E-state index contributed by atoms with van der Waals surface area (Å²) in [7, 11) is 5.05. The molecule has 6 atom stereocenters. The molecule has 0 spiro atoms. The van der Waals surface area contributed by atoms with Gasteiger partial charge in [-0.2, -0.15) is 0 Å². The number of hydrogen-bond acceptors (Lipinski definition) is 8. The molecule has 0 aromatic rings. The largest absolute Gasteiger partial charge is 0.499 e. The van der Waals surface area contributed by atoms with E-state index < -0.39 is 59.9 Å². The number of likely N-dealkylation sites (N-methyl/N-ethyl adjacent to an activating group) is 1. The van der Waals surface area contributed by atoms with Crippen LogP contribution < -0.4 is 10.6 Å². The van der Waals surface area contributed by atoms with E-state index in [1.54, 1.807) is 32.8 Å². The number of carbonyl (C=O) groups is 5. The van der Waals surface area contributed by atoms with Crippen molar-refractivity contribution < 1.29 is 33.4 Å². The summed E-state index contributed by atoms with van der Waals surface area (Å²) >= 11 is 0. The fourth-order valence-electron chi connectivity index (χ4n) is 4.83. The zero-order valence-electron chi connectivity index (χ0n) is 27.2. The Labute approximate surface area is 251 Å². The van der Waals surface area contributed by atoms with Crippen LogP contribution in [0, 0.1) is 17.8 Å². The zero-order valence-corrected chi connectivity index (χ0v) is 27.2. The molecule has 0 aromatic heterocycles. The Hall–Kier alpha value is -3.21. The maximum absolute atomic E-state index is 13.4. The van der Waals surface area contributed by atoms with E-state index in [9.17, 15) is 24.0 Å². The molecular weight excluding hydrogens is 540 g/mol. The third-order valence-corrected chi connectivity index (χ3v) is 7.23. The molecule has 0 saturated heterocycles. The number of nitrogens with one attached hydrogen (secondary N) is 2. The Morgan fingerprint density at radius 1 is 1.00 bits per heavy atom. The fourth-order valence-corrected chi connectivity index (χ4v) is 4.83. The Kier molecular flexibility index (Phi) is 14.9. The Bertz CT molecular complexity index is 1020. The SMILES string of the molecule is CC[C@H](C)[C@H](C(=O)O[C@@H](CC(C)C)C(=O)N[C@@H](CC(C)C)C(=O)N[C@@H](C)/C=C/C(=O)N1C(=O)C=C(OC)[C@@H]1C)N(C)C. The Morgan fingerprint density at radius 2 is 1.60 bits per heavy atom. The normalized spacial score (nSPS) is 19.0. The lowest BCUT2D eigenvalue weighted by Crippen LogP contribution is -2.53. The summed E-state index contributed by atoms with van der Waals surface area (Å²) in [5.74, 6) is -1.86. The number of ether oxygens (including phenoxy) is 2. The van der Waals surface area contributed by atoms with Gasteiger partial charge in [-0.3, -0.25) is 33.8 Å². The van der Waals surface area contributed by atoms with Gasteiger partial charge in [0.2, 0.25) is 5.91 Å². The van der Waals surface area contributed by atoms with Crippen LogP contribution in [0.3, 0.4) is 0 Å². The molecule has 1 rings (SSSR count). The molecule has 1 heterocycles. The molecular formula is C31H52N4O7. The second kappa shape index (κ2) is 17.0. The fraction of sp³-hybridized carbons (Fsp3) is 0.710. The number of methoxy groups -OCH3 is 1. The summed E-state index contributed by atoms with van der Waals surface area (Å²) in [6, 6.07) is -2.48. The predicted octanol–water partition coefficient (Wildman–Crippen LogP) is 2.80. The smallest absolute Gasteiger partial charge is 0.324 e. The van der Waals surface area contributed by atoms with Crippen molar-refractivity contribution in [2.75, 3.05) is 21.2 Å². The highest BCUT2D eigenvalue weighted by Gasteiger charge is 2.35. The third kappa shape index (κ3) is 10.9. The van der Waals surface area contributed by atoms with Crippen LogP contribution in [0.1, 0.15) is 74.7 Å². The van der Waals surface area contributed by atoms with Crippen LogP contribution in [0.25, 0.3) is 0 Å². The maximum Gasteiger partial charge on any atom is 0.324 e. The van der Waals surface area contributed by atoms with Crippen molar-refractivity contribution in [3.8, 4) is 0 Å². The zero-order chi connectivity index (χ0) is 32.3. The molecule has 1 aliphatic heterocycles. The molecule has 11 nitrogen and oxygen atoms in total. The standard InChI is InChI=1S/C31H52N4O7/c1-12-20(6)28(34(9)10)31(40)42-25(16-19(4)5)30(39)33-23(15-18(2)3)29(38)32-21(7)13-14-26(36)35-22(8)24(41-11)17-27(35)37/h13-14,17-23,25,28H,12,15-16H2,1-11H3,(H,32,38)(H,33,39)/b14-13+/t20-,21-,22-,23-,25-,28+/m0/s1. The van der Waals surface area contributed by atoms with Crippen molar-refractivity contribution in [1.82, 2.24) is 20.4 Å². The number of nitrogens with zero attached hydrogens (tertiary/aromatic N) is 2. The molecule has 0 fully saturated rings. The van der Waals surface area contributed by atoms with Gasteiger partial charge in [0.25, 0.3) is 17.7 Å². The van der Waals surface area contributed by atoms with Crippen LogP contribution in [-0.4, -0.2) is 90.9 Å². The van der Waals surface area contributed by atoms with E-state index in [0.29, 0.717) is 18.6 Å². The van der Waals surface area contributed by atoms with Crippen molar-refractivity contribution in [2.24, 2.45) is 17.8 Å². The number of imide groups is 1. The van der Waals surface area contributed by atoms with Crippen LogP contribution >= 0.6 is 0 Å². The Balaban J connectivity index is 2.99. The van der Waals surface area contributed by atoms with Gasteiger partial charge < -0.3 is 20.1 Å². The van der Waals surface area contributed by atoms with Crippen LogP contribution in [0.15, 0.2) is 24.0 Å². The summed E-state index contributed by atoms with van der Waals surface area (Å²) in [4.78, 5) is 67.5. The molecule has 0 bridgehead atoms. The number of amides is 4. The van der Waals surface area contributed by atoms with Gasteiger partial charge in [-0.1, -0.05) is 54.0 Å². The molecule has 0 aromatic carbocycles. The van der Waals surface area contributed by atoms with E-state index >= 15 is 0 Å². The van der Waals surface area contributed by atoms with E-state index in [0.717, 1.165) is 11.3 Å². The van der Waals surface area contributed by atoms with E-state index in [2.05, 4.69) is 10.6 Å². The van der Waals surface area contributed by atoms with Crippen LogP contribution in [0.4, 0.5) is 0 Å². The topological polar surface area (TPSA) is 134 Å². The minimum absolute atomic E-state index is 0.0289. The van der Waals surface area contributed by atoms with Crippen molar-refractivity contribution in [2.45, 2.75) is 105 Å². The summed E-state index contributed by atoms with van der Waals surface area (Å²) in [5.41, 5.74) is 0. The predicted molar refractivity (Wildman–Crippen MR) is 161 cm³/mol. The first-order valence-electron chi connectivity index (χ1n) is 14.8. The first-order valence-corrected chi connectivity index (χ1v) is 14.8. The van der Waals surface area contributed by atoms with Gasteiger partial charge in [0.1, 0.15) is 17.8 Å². The summed E-state index contributed by atoms with van der Waals surface area (Å²) in [6.07, 6.45) is 4.38. The number of esters is 1. The molecule has 0 aliphatic carbocycles. The lowest BCUT2D eigenvalue weighted by Gasteiger charge is -2.30. The second-order valence-corrected chi connectivity index (χ2v) is 12.2. The molecule has 0 saturated carbocycles. The van der Waals surface area contributed by atoms with Gasteiger partial charge in [0.15, 0.2) is 6.10 Å². The lowest BCUT2D eigenvalue weighted by molar-refractivity contribution is -0.163. The van der Waals surface area contributed by atoms with Gasteiger partial charge in [-0.05, 0) is 58.5 Å². The minimum Gasteiger partial charge on any atom is -0.499 e. The van der Waals surface area contributed by atoms with Gasteiger partial charge in [0.05, 0.1) is 13.2 Å². The van der Waals surface area contributed by atoms with Crippen LogP contribution in [0.2, 0.25) is 0 Å². The van der Waals surface area contributed by atoms with E-state index in [-0.39, 0.29) is 17.8 Å². The molecule has 42 heavy (non-hydrogen) atoms. The van der Waals surface area contributed by atoms with Crippen molar-refractivity contribution in [3.63, 3.8) is 0 Å². The highest BCUT2D eigenvalue weighted by molar-refractivity contribution is 6.07. The lowest BCUT2D eigenvalue weighted by atomic mass is 9.98. The summed E-state index contributed by atoms with van der Waals surface area (Å²) in [6.45, 7) is 15.1. The first-order chi connectivity index (χ1) is 19.5. The molecule has 1 aliphatic rings. The third-order valence-electron chi connectivity index (χ3n) is 7.23. The highest BCUT2D eigenvalue weighted by Crippen LogP contribution is 2.20. The average Bonchev–Trinajstić information content (AvgIpc) is 3.18. The number of hydrogen-bond donors (Lipinski definition) is 2. The van der Waals surface area contributed by atoms with Gasteiger partial charge >= 0.3 is 5.97 Å². The summed E-state index contributed by atoms with van der Waals surface area (Å²) < 4.78 is 10.9. The minimum atomic E-state index is -1.05. The van der Waals surface area contributed by atoms with Gasteiger partial charge in [-0.15, -0.1) is 0 Å². The molecule has 238 valence electrons. The second-order valence-electron chi connectivity index (χ2n) is 12.2. The molecule has 11 heteroatoms. The molecule has 0 unspecified atom stereocenters. The molecule has 4 amide bonds. The van der Waals surface area contributed by atoms with Gasteiger partial charge in [-0.25, -0.2) is 0 Å².